The Labute approximate surface area is 213 Å². The summed E-state index contributed by atoms with van der Waals surface area (Å²) >= 11 is 1.74. The molecule has 2 aliphatic rings. The van der Waals surface area contributed by atoms with Crippen LogP contribution in [0.4, 0.5) is 23.1 Å². The van der Waals surface area contributed by atoms with E-state index in [9.17, 15) is 0 Å². The molecular formula is C28H36N6S. The molecule has 184 valence electrons. The molecule has 0 atom stereocenters. The maximum absolute atomic E-state index is 4.77. The molecule has 0 bridgehead atoms. The highest BCUT2D eigenvalue weighted by molar-refractivity contribution is 7.97. The van der Waals surface area contributed by atoms with Gasteiger partial charge in [-0.25, -0.2) is 4.98 Å². The summed E-state index contributed by atoms with van der Waals surface area (Å²) in [4.78, 5) is 12.9. The van der Waals surface area contributed by atoms with Gasteiger partial charge >= 0.3 is 0 Å². The van der Waals surface area contributed by atoms with E-state index in [4.69, 9.17) is 4.98 Å². The molecule has 1 aliphatic heterocycles. The molecule has 5 rings (SSSR count). The number of nitrogens with zero attached hydrogens (tertiary/aromatic N) is 3. The van der Waals surface area contributed by atoms with Crippen molar-refractivity contribution in [1.82, 2.24) is 19.6 Å². The first-order valence-electron chi connectivity index (χ1n) is 12.7. The standard InChI is InChI=1S/C28H36N6S/c1-19-7-10-25(17-26(19)35-33-24-5-4-6-24)30-27-20(2)18-29-28(32-27)31-23-11-8-21(9-12-23)22-13-15-34(3)16-14-22/h7-12,17-18,22,24,33H,4-6,13-16H2,1-3H3,(H2,29,30,31,32). The molecule has 0 unspecified atom stereocenters. The molecule has 3 aromatic rings. The number of aromatic nitrogens is 2. The Morgan fingerprint density at radius 3 is 2.34 bits per heavy atom. The molecule has 2 fully saturated rings. The minimum Gasteiger partial charge on any atom is -0.340 e. The molecule has 7 heteroatoms. The second-order valence-electron chi connectivity index (χ2n) is 10.0. The molecule has 1 aliphatic carbocycles. The fourth-order valence-electron chi connectivity index (χ4n) is 4.54. The van der Waals surface area contributed by atoms with Crippen LogP contribution in [0.3, 0.4) is 0 Å². The van der Waals surface area contributed by atoms with Gasteiger partial charge in [0.2, 0.25) is 5.95 Å². The number of hydrogen-bond acceptors (Lipinski definition) is 7. The first-order valence-corrected chi connectivity index (χ1v) is 13.5. The summed E-state index contributed by atoms with van der Waals surface area (Å²) in [6, 6.07) is 15.9. The van der Waals surface area contributed by atoms with Gasteiger partial charge in [-0.3, -0.25) is 4.72 Å². The smallest absolute Gasteiger partial charge is 0.229 e. The number of benzene rings is 2. The highest BCUT2D eigenvalue weighted by atomic mass is 32.2. The van der Waals surface area contributed by atoms with Gasteiger partial charge in [-0.05, 0) is 113 Å². The number of rotatable bonds is 8. The Bertz CT molecular complexity index is 1140. The summed E-state index contributed by atoms with van der Waals surface area (Å²) in [6.45, 7) is 6.54. The van der Waals surface area contributed by atoms with Crippen molar-refractivity contribution < 1.29 is 0 Å². The SMILES string of the molecule is Cc1ccc(Nc2nc(Nc3ccc(C4CCN(C)CC4)cc3)ncc2C)cc1SNC1CCC1. The summed E-state index contributed by atoms with van der Waals surface area (Å²) in [5.41, 5.74) is 5.75. The van der Waals surface area contributed by atoms with E-state index in [-0.39, 0.29) is 0 Å². The Balaban J connectivity index is 1.24. The number of anilines is 4. The molecule has 1 saturated heterocycles. The lowest BCUT2D eigenvalue weighted by molar-refractivity contribution is 0.255. The van der Waals surface area contributed by atoms with E-state index in [1.165, 1.54) is 61.2 Å². The fourth-order valence-corrected chi connectivity index (χ4v) is 5.48. The largest absolute Gasteiger partial charge is 0.340 e. The van der Waals surface area contributed by atoms with Crippen molar-refractivity contribution in [3.8, 4) is 0 Å². The average Bonchev–Trinajstić information content (AvgIpc) is 2.83. The normalized spacial score (nSPS) is 17.2. The summed E-state index contributed by atoms with van der Waals surface area (Å²) in [5.74, 6) is 2.07. The third kappa shape index (κ3) is 6.15. The van der Waals surface area contributed by atoms with Gasteiger partial charge in [-0.2, -0.15) is 4.98 Å². The van der Waals surface area contributed by atoms with E-state index in [0.717, 1.165) is 22.8 Å². The zero-order valence-corrected chi connectivity index (χ0v) is 21.8. The fraction of sp³-hybridized carbons (Fsp3) is 0.429. The molecule has 0 amide bonds. The third-order valence-corrected chi connectivity index (χ3v) is 8.33. The van der Waals surface area contributed by atoms with Crippen LogP contribution in [0.5, 0.6) is 0 Å². The van der Waals surface area contributed by atoms with Crippen LogP contribution < -0.4 is 15.4 Å². The van der Waals surface area contributed by atoms with E-state index in [1.807, 2.05) is 13.1 Å². The van der Waals surface area contributed by atoms with Crippen molar-refractivity contribution in [2.24, 2.45) is 0 Å². The molecular weight excluding hydrogens is 452 g/mol. The van der Waals surface area contributed by atoms with Gasteiger partial charge < -0.3 is 15.5 Å². The van der Waals surface area contributed by atoms with Crippen LogP contribution >= 0.6 is 11.9 Å². The quantitative estimate of drug-likeness (QED) is 0.311. The monoisotopic (exact) mass is 488 g/mol. The Morgan fingerprint density at radius 2 is 1.63 bits per heavy atom. The Hall–Kier alpha value is -2.61. The first-order chi connectivity index (χ1) is 17.0. The van der Waals surface area contributed by atoms with Gasteiger partial charge in [-0.1, -0.05) is 24.6 Å². The van der Waals surface area contributed by atoms with Gasteiger partial charge in [0.1, 0.15) is 5.82 Å². The molecule has 1 saturated carbocycles. The van der Waals surface area contributed by atoms with Crippen molar-refractivity contribution in [2.45, 2.75) is 62.8 Å². The van der Waals surface area contributed by atoms with Crippen LogP contribution in [0.1, 0.15) is 54.7 Å². The van der Waals surface area contributed by atoms with Gasteiger partial charge in [-0.15, -0.1) is 0 Å². The average molecular weight is 489 g/mol. The van der Waals surface area contributed by atoms with Gasteiger partial charge in [0.05, 0.1) is 0 Å². The topological polar surface area (TPSA) is 65.1 Å². The molecule has 35 heavy (non-hydrogen) atoms. The number of likely N-dealkylation sites (tertiary alicyclic amines) is 1. The molecule has 0 radical (unpaired) electrons. The van der Waals surface area contributed by atoms with Crippen molar-refractivity contribution in [3.05, 3.63) is 65.4 Å². The molecule has 2 aromatic carbocycles. The third-order valence-electron chi connectivity index (χ3n) is 7.22. The maximum Gasteiger partial charge on any atom is 0.229 e. The van der Waals surface area contributed by atoms with Crippen molar-refractivity contribution >= 4 is 35.1 Å². The minimum atomic E-state index is 0.596. The number of hydrogen-bond donors (Lipinski definition) is 3. The van der Waals surface area contributed by atoms with E-state index in [0.29, 0.717) is 17.9 Å². The zero-order chi connectivity index (χ0) is 24.2. The first kappa shape index (κ1) is 24.1. The van der Waals surface area contributed by atoms with E-state index >= 15 is 0 Å². The predicted molar refractivity (Wildman–Crippen MR) is 147 cm³/mol. The van der Waals surface area contributed by atoms with Gasteiger partial charge in [0.25, 0.3) is 0 Å². The van der Waals surface area contributed by atoms with E-state index < -0.39 is 0 Å². The number of nitrogens with one attached hydrogen (secondary N) is 3. The van der Waals surface area contributed by atoms with Crippen molar-refractivity contribution in [2.75, 3.05) is 30.8 Å². The summed E-state index contributed by atoms with van der Waals surface area (Å²) in [5, 5.41) is 6.88. The van der Waals surface area contributed by atoms with Crippen LogP contribution in [0.2, 0.25) is 0 Å². The Morgan fingerprint density at radius 1 is 0.886 bits per heavy atom. The predicted octanol–water partition coefficient (Wildman–Crippen LogP) is 6.54. The molecule has 3 N–H and O–H groups in total. The van der Waals surface area contributed by atoms with Gasteiger partial charge in [0.15, 0.2) is 0 Å². The van der Waals surface area contributed by atoms with Crippen LogP contribution in [-0.2, 0) is 0 Å². The molecule has 6 nitrogen and oxygen atoms in total. The number of piperidine rings is 1. The summed E-state index contributed by atoms with van der Waals surface area (Å²) in [6.07, 6.45) is 8.23. The Kier molecular flexibility index (Phi) is 7.56. The summed E-state index contributed by atoms with van der Waals surface area (Å²) in [7, 11) is 2.21. The van der Waals surface area contributed by atoms with Gasteiger partial charge in [0, 0.05) is 34.1 Å². The highest BCUT2D eigenvalue weighted by Crippen LogP contribution is 2.31. The second kappa shape index (κ2) is 11.0. The molecule has 2 heterocycles. The molecule has 0 spiro atoms. The summed E-state index contributed by atoms with van der Waals surface area (Å²) < 4.78 is 3.59. The van der Waals surface area contributed by atoms with Crippen molar-refractivity contribution in [3.63, 3.8) is 0 Å². The van der Waals surface area contributed by atoms with E-state index in [2.05, 4.69) is 81.7 Å². The van der Waals surface area contributed by atoms with Crippen LogP contribution in [0, 0.1) is 13.8 Å². The zero-order valence-electron chi connectivity index (χ0n) is 21.0. The lowest BCUT2D eigenvalue weighted by atomic mass is 9.89. The number of aryl methyl sites for hydroxylation is 2. The minimum absolute atomic E-state index is 0.596. The van der Waals surface area contributed by atoms with E-state index in [1.54, 1.807) is 11.9 Å². The van der Waals surface area contributed by atoms with Crippen LogP contribution in [0.15, 0.2) is 53.6 Å². The maximum atomic E-state index is 4.77. The second-order valence-corrected chi connectivity index (χ2v) is 10.9. The lowest BCUT2D eigenvalue weighted by Gasteiger charge is -2.29. The van der Waals surface area contributed by atoms with Crippen molar-refractivity contribution in [1.29, 1.82) is 0 Å². The van der Waals surface area contributed by atoms with Crippen LogP contribution in [-0.4, -0.2) is 41.0 Å². The molecule has 1 aromatic heterocycles. The highest BCUT2D eigenvalue weighted by Gasteiger charge is 2.19. The lowest BCUT2D eigenvalue weighted by Crippen LogP contribution is -2.30. The van der Waals surface area contributed by atoms with Crippen LogP contribution in [0.25, 0.3) is 0 Å².